The maximum absolute atomic E-state index is 14.2. The summed E-state index contributed by atoms with van der Waals surface area (Å²) in [5, 5.41) is 21.9. The summed E-state index contributed by atoms with van der Waals surface area (Å²) in [5.74, 6) is -0.0471. The van der Waals surface area contributed by atoms with Crippen molar-refractivity contribution in [3.63, 3.8) is 0 Å². The summed E-state index contributed by atoms with van der Waals surface area (Å²) in [5.41, 5.74) is 2.12. The lowest BCUT2D eigenvalue weighted by Crippen LogP contribution is -2.47. The fourth-order valence-corrected chi connectivity index (χ4v) is 8.29. The fraction of sp³-hybridized carbons (Fsp3) is 0.515. The molecule has 230 valence electrons. The van der Waals surface area contributed by atoms with E-state index in [0.29, 0.717) is 18.3 Å². The number of carboxylic acids is 1. The summed E-state index contributed by atoms with van der Waals surface area (Å²) >= 11 is 1.74. The van der Waals surface area contributed by atoms with E-state index >= 15 is 0 Å². The minimum absolute atomic E-state index is 0.00501. The molecule has 1 aromatic heterocycles. The molecule has 0 amide bonds. The van der Waals surface area contributed by atoms with Gasteiger partial charge in [-0.1, -0.05) is 38.1 Å². The van der Waals surface area contributed by atoms with Crippen molar-refractivity contribution in [1.82, 2.24) is 14.8 Å². The number of thiazole rings is 1. The highest BCUT2D eigenvalue weighted by molar-refractivity contribution is 7.11. The van der Waals surface area contributed by atoms with Crippen molar-refractivity contribution < 1.29 is 19.2 Å². The number of halogens is 1. The smallest absolute Gasteiger partial charge is 0.321 e. The van der Waals surface area contributed by atoms with E-state index in [-0.39, 0.29) is 34.3 Å². The maximum atomic E-state index is 14.2. The molecule has 0 bridgehead atoms. The number of non-ortho nitro benzene ring substituents is 1. The number of hydrogen-bond acceptors (Lipinski definition) is 7. The van der Waals surface area contributed by atoms with Crippen LogP contribution in [0.25, 0.3) is 0 Å². The van der Waals surface area contributed by atoms with Crippen LogP contribution in [0, 0.1) is 27.8 Å². The molecule has 43 heavy (non-hydrogen) atoms. The zero-order valence-electron chi connectivity index (χ0n) is 25.1. The van der Waals surface area contributed by atoms with Gasteiger partial charge in [-0.3, -0.25) is 19.8 Å². The number of rotatable bonds is 11. The van der Waals surface area contributed by atoms with Crippen LogP contribution in [0.1, 0.15) is 72.4 Å². The third-order valence-electron chi connectivity index (χ3n) is 9.40. The lowest BCUT2D eigenvalue weighted by molar-refractivity contribution is -0.384. The molecule has 2 aliphatic rings. The number of hydrogen-bond donors (Lipinski definition) is 1. The molecule has 3 aromatic rings. The lowest BCUT2D eigenvalue weighted by atomic mass is 9.87. The Hall–Kier alpha value is -3.21. The lowest BCUT2D eigenvalue weighted by Gasteiger charge is -2.35. The van der Waals surface area contributed by atoms with Gasteiger partial charge in [0.15, 0.2) is 0 Å². The molecule has 5 rings (SSSR count). The van der Waals surface area contributed by atoms with Crippen LogP contribution in [0.2, 0.25) is 0 Å². The molecule has 1 N–H and O–H groups in total. The summed E-state index contributed by atoms with van der Waals surface area (Å²) in [6.45, 7) is 6.80. The summed E-state index contributed by atoms with van der Waals surface area (Å²) < 4.78 is 14.2. The first-order valence-electron chi connectivity index (χ1n) is 15.2. The third kappa shape index (κ3) is 7.48. The minimum atomic E-state index is -0.788. The quantitative estimate of drug-likeness (QED) is 0.194. The zero-order valence-corrected chi connectivity index (χ0v) is 25.9. The van der Waals surface area contributed by atoms with Gasteiger partial charge in [-0.25, -0.2) is 9.37 Å². The van der Waals surface area contributed by atoms with Crippen molar-refractivity contribution in [3.05, 3.63) is 91.7 Å². The first-order chi connectivity index (χ1) is 20.6. The largest absolute Gasteiger partial charge is 0.480 e. The highest BCUT2D eigenvalue weighted by Gasteiger charge is 2.41. The van der Waals surface area contributed by atoms with Crippen LogP contribution in [0.5, 0.6) is 0 Å². The van der Waals surface area contributed by atoms with Gasteiger partial charge < -0.3 is 10.0 Å². The molecule has 0 radical (unpaired) electrons. The van der Waals surface area contributed by atoms with Crippen LogP contribution in [0.3, 0.4) is 0 Å². The molecule has 1 aliphatic heterocycles. The normalized spacial score (nSPS) is 22.3. The second-order valence-corrected chi connectivity index (χ2v) is 13.7. The number of benzene rings is 2. The first kappa shape index (κ1) is 31.2. The van der Waals surface area contributed by atoms with Gasteiger partial charge >= 0.3 is 5.97 Å². The Bertz CT molecular complexity index is 1410. The van der Waals surface area contributed by atoms with Gasteiger partial charge in [0.2, 0.25) is 0 Å². The summed E-state index contributed by atoms with van der Waals surface area (Å²) in [6.07, 6.45) is 6.49. The predicted molar refractivity (Wildman–Crippen MR) is 166 cm³/mol. The van der Waals surface area contributed by atoms with Gasteiger partial charge in [-0.05, 0) is 92.8 Å². The number of likely N-dealkylation sites (N-methyl/N-ethyl adjacent to an activating group) is 1. The number of carbonyl (C=O) groups is 1. The molecular formula is C33H41FN4O4S. The average molecular weight is 609 g/mol. The Labute approximate surface area is 256 Å². The van der Waals surface area contributed by atoms with Gasteiger partial charge in [-0.2, -0.15) is 0 Å². The highest BCUT2D eigenvalue weighted by Crippen LogP contribution is 2.44. The minimum Gasteiger partial charge on any atom is -0.480 e. The molecule has 8 nitrogen and oxygen atoms in total. The third-order valence-corrected chi connectivity index (χ3v) is 10.6. The SMILES string of the molecule is CC(C)[C@H](C(=O)O)N(C)C1CC(CN2CCC(c3cnc(Cc4ccc([N+](=O)[O-])cc4)s3)CC2)C(c2cccc(F)c2)C1. The number of nitro benzene ring substituents is 1. The van der Waals surface area contributed by atoms with E-state index in [0.717, 1.165) is 61.5 Å². The Kier molecular flexibility index (Phi) is 9.88. The monoisotopic (exact) mass is 608 g/mol. The number of likely N-dealkylation sites (tertiary alicyclic amines) is 1. The molecular weight excluding hydrogens is 567 g/mol. The van der Waals surface area contributed by atoms with E-state index in [1.165, 1.54) is 23.1 Å². The number of carboxylic acid groups (broad SMARTS) is 1. The standard InChI is InChI=1S/C33H41FN4O4S/c1-21(2)32(33(39)40)36(3)28-17-25(29(18-28)24-5-4-6-26(34)16-24)20-37-13-11-23(12-14-37)30-19-35-31(43-30)15-22-7-9-27(10-8-22)38(41)42/h4-10,16,19,21,23,25,28-29,32H,11-15,17-18,20H2,1-3H3,(H,39,40)/t25?,28?,29?,32-/m1/s1. The van der Waals surface area contributed by atoms with Gasteiger partial charge in [0, 0.05) is 42.2 Å². The van der Waals surface area contributed by atoms with Gasteiger partial charge in [0.25, 0.3) is 5.69 Å². The molecule has 10 heteroatoms. The molecule has 1 saturated heterocycles. The van der Waals surface area contributed by atoms with Crippen molar-refractivity contribution in [1.29, 1.82) is 0 Å². The van der Waals surface area contributed by atoms with Crippen molar-refractivity contribution >= 4 is 23.0 Å². The number of nitro groups is 1. The Morgan fingerprint density at radius 1 is 1.19 bits per heavy atom. The van der Waals surface area contributed by atoms with Gasteiger partial charge in [0.1, 0.15) is 11.9 Å². The first-order valence-corrected chi connectivity index (χ1v) is 16.0. The molecule has 1 aliphatic carbocycles. The van der Waals surface area contributed by atoms with Crippen LogP contribution < -0.4 is 0 Å². The topological polar surface area (TPSA) is 99.8 Å². The van der Waals surface area contributed by atoms with Gasteiger partial charge in [0.05, 0.1) is 9.93 Å². The van der Waals surface area contributed by atoms with Crippen molar-refractivity contribution in [2.75, 3.05) is 26.7 Å². The molecule has 1 saturated carbocycles. The molecule has 4 atom stereocenters. The predicted octanol–water partition coefficient (Wildman–Crippen LogP) is 6.56. The van der Waals surface area contributed by atoms with Crippen molar-refractivity contribution in [2.24, 2.45) is 11.8 Å². The Morgan fingerprint density at radius 3 is 2.53 bits per heavy atom. The molecule has 0 spiro atoms. The number of nitrogens with zero attached hydrogens (tertiary/aromatic N) is 4. The molecule has 2 aromatic carbocycles. The van der Waals surface area contributed by atoms with Crippen LogP contribution in [-0.4, -0.2) is 69.5 Å². The van der Waals surface area contributed by atoms with E-state index in [1.54, 1.807) is 35.6 Å². The fourth-order valence-electron chi connectivity index (χ4n) is 7.17. The number of piperidine rings is 1. The van der Waals surface area contributed by atoms with E-state index < -0.39 is 12.0 Å². The summed E-state index contributed by atoms with van der Waals surface area (Å²) in [4.78, 5) is 33.2. The zero-order chi connectivity index (χ0) is 30.7. The second kappa shape index (κ2) is 13.6. The van der Waals surface area contributed by atoms with Gasteiger partial charge in [-0.15, -0.1) is 11.3 Å². The van der Waals surface area contributed by atoms with E-state index in [4.69, 9.17) is 0 Å². The van der Waals surface area contributed by atoms with Crippen LogP contribution in [-0.2, 0) is 11.2 Å². The summed E-state index contributed by atoms with van der Waals surface area (Å²) in [6, 6.07) is 13.2. The van der Waals surface area contributed by atoms with E-state index in [2.05, 4.69) is 9.88 Å². The average Bonchev–Trinajstić information content (AvgIpc) is 3.61. The Balaban J connectivity index is 1.21. The van der Waals surface area contributed by atoms with Crippen LogP contribution in [0.4, 0.5) is 10.1 Å². The Morgan fingerprint density at radius 2 is 1.91 bits per heavy atom. The van der Waals surface area contributed by atoms with Crippen LogP contribution >= 0.6 is 11.3 Å². The van der Waals surface area contributed by atoms with E-state index in [9.17, 15) is 24.4 Å². The van der Waals surface area contributed by atoms with Crippen molar-refractivity contribution in [2.45, 2.75) is 69.9 Å². The molecule has 3 unspecified atom stereocenters. The molecule has 2 heterocycles. The van der Waals surface area contributed by atoms with E-state index in [1.807, 2.05) is 38.1 Å². The number of aromatic nitrogens is 1. The second-order valence-electron chi connectivity index (χ2n) is 12.6. The van der Waals surface area contributed by atoms with Crippen molar-refractivity contribution in [3.8, 4) is 0 Å². The molecule has 2 fully saturated rings. The number of aliphatic carboxylic acids is 1. The maximum Gasteiger partial charge on any atom is 0.321 e. The highest BCUT2D eigenvalue weighted by atomic mass is 32.1. The summed E-state index contributed by atoms with van der Waals surface area (Å²) in [7, 11) is 1.94. The van der Waals surface area contributed by atoms with Crippen LogP contribution in [0.15, 0.2) is 54.7 Å².